The lowest BCUT2D eigenvalue weighted by molar-refractivity contribution is -0.138. The second-order valence-corrected chi connectivity index (χ2v) is 7.64. The van der Waals surface area contributed by atoms with Crippen LogP contribution < -0.4 is 10.6 Å². The molecule has 0 heterocycles. The molecule has 0 bridgehead atoms. The predicted molar refractivity (Wildman–Crippen MR) is 101 cm³/mol. The molecule has 142 valence electrons. The van der Waals surface area contributed by atoms with Gasteiger partial charge < -0.3 is 15.7 Å². The van der Waals surface area contributed by atoms with Crippen LogP contribution in [0.15, 0.2) is 29.2 Å². The first-order valence-corrected chi connectivity index (χ1v) is 9.98. The van der Waals surface area contributed by atoms with Gasteiger partial charge in [-0.3, -0.25) is 14.4 Å². The summed E-state index contributed by atoms with van der Waals surface area (Å²) in [6.45, 7) is 2.13. The number of carboxylic acid groups (broad SMARTS) is 1. The minimum Gasteiger partial charge on any atom is -0.480 e. The largest absolute Gasteiger partial charge is 0.480 e. The molecule has 0 saturated heterocycles. The maximum atomic E-state index is 12.3. The van der Waals surface area contributed by atoms with Crippen LogP contribution in [0.25, 0.3) is 0 Å². The molecule has 0 spiro atoms. The highest BCUT2D eigenvalue weighted by molar-refractivity contribution is 8.00. The molecular formula is C19H26N2O4S. The molecule has 3 N–H and O–H groups in total. The first-order chi connectivity index (χ1) is 12.5. The molecule has 0 unspecified atom stereocenters. The van der Waals surface area contributed by atoms with E-state index in [0.29, 0.717) is 16.4 Å². The van der Waals surface area contributed by atoms with Gasteiger partial charge in [0, 0.05) is 11.4 Å². The Kier molecular flexibility index (Phi) is 7.97. The van der Waals surface area contributed by atoms with Gasteiger partial charge in [-0.15, -0.1) is 11.8 Å². The van der Waals surface area contributed by atoms with Crippen molar-refractivity contribution >= 4 is 29.5 Å². The molecule has 0 radical (unpaired) electrons. The summed E-state index contributed by atoms with van der Waals surface area (Å²) in [5.41, 5.74) is 0.380. The number of carbonyl (C=O) groups excluding carboxylic acids is 2. The van der Waals surface area contributed by atoms with Crippen LogP contribution in [0.2, 0.25) is 0 Å². The molecule has 1 aliphatic carbocycles. The van der Waals surface area contributed by atoms with Crippen molar-refractivity contribution in [3.63, 3.8) is 0 Å². The number of hydrogen-bond acceptors (Lipinski definition) is 4. The Labute approximate surface area is 158 Å². The minimum absolute atomic E-state index is 0.0466. The van der Waals surface area contributed by atoms with Crippen molar-refractivity contribution < 1.29 is 19.5 Å². The SMILES string of the molecule is C[C@H](NC(=O)c1ccccc1SCC(=O)NCC1CCCCC1)C(=O)O. The van der Waals surface area contributed by atoms with E-state index in [9.17, 15) is 14.4 Å². The summed E-state index contributed by atoms with van der Waals surface area (Å²) < 4.78 is 0. The number of carbonyl (C=O) groups is 3. The highest BCUT2D eigenvalue weighted by Gasteiger charge is 2.18. The van der Waals surface area contributed by atoms with E-state index in [2.05, 4.69) is 10.6 Å². The Morgan fingerprint density at radius 1 is 1.19 bits per heavy atom. The van der Waals surface area contributed by atoms with Crippen LogP contribution in [-0.4, -0.2) is 41.2 Å². The van der Waals surface area contributed by atoms with Gasteiger partial charge in [0.05, 0.1) is 11.3 Å². The molecular weight excluding hydrogens is 352 g/mol. The number of aliphatic carboxylic acids is 1. The molecule has 7 heteroatoms. The monoisotopic (exact) mass is 378 g/mol. The van der Waals surface area contributed by atoms with E-state index in [1.165, 1.54) is 50.8 Å². The molecule has 1 saturated carbocycles. The average Bonchev–Trinajstić information content (AvgIpc) is 2.65. The van der Waals surface area contributed by atoms with Gasteiger partial charge in [0.2, 0.25) is 5.91 Å². The predicted octanol–water partition coefficient (Wildman–Crippen LogP) is 2.68. The first-order valence-electron chi connectivity index (χ1n) is 8.99. The lowest BCUT2D eigenvalue weighted by atomic mass is 9.89. The molecule has 1 aromatic carbocycles. The molecule has 26 heavy (non-hydrogen) atoms. The number of rotatable bonds is 8. The molecule has 2 rings (SSSR count). The number of carboxylic acids is 1. The summed E-state index contributed by atoms with van der Waals surface area (Å²) in [5.74, 6) is -0.787. The lowest BCUT2D eigenvalue weighted by Gasteiger charge is -2.21. The Bertz CT molecular complexity index is 644. The molecule has 1 atom stereocenters. The maximum Gasteiger partial charge on any atom is 0.325 e. The van der Waals surface area contributed by atoms with E-state index in [1.807, 2.05) is 0 Å². The van der Waals surface area contributed by atoms with E-state index in [0.717, 1.165) is 6.54 Å². The minimum atomic E-state index is -1.09. The second-order valence-electron chi connectivity index (χ2n) is 6.63. The summed E-state index contributed by atoms with van der Waals surface area (Å²) in [7, 11) is 0. The van der Waals surface area contributed by atoms with Crippen LogP contribution in [-0.2, 0) is 9.59 Å². The van der Waals surface area contributed by atoms with E-state index < -0.39 is 17.9 Å². The van der Waals surface area contributed by atoms with Crippen molar-refractivity contribution in [3.05, 3.63) is 29.8 Å². The average molecular weight is 378 g/mol. The highest BCUT2D eigenvalue weighted by atomic mass is 32.2. The number of thioether (sulfide) groups is 1. The van der Waals surface area contributed by atoms with Gasteiger partial charge in [-0.2, -0.15) is 0 Å². The van der Waals surface area contributed by atoms with E-state index in [1.54, 1.807) is 24.3 Å². The molecule has 0 aromatic heterocycles. The second kappa shape index (κ2) is 10.2. The maximum absolute atomic E-state index is 12.3. The third kappa shape index (κ3) is 6.37. The zero-order valence-electron chi connectivity index (χ0n) is 15.0. The van der Waals surface area contributed by atoms with Crippen molar-refractivity contribution in [1.82, 2.24) is 10.6 Å². The number of benzene rings is 1. The third-order valence-corrected chi connectivity index (χ3v) is 5.59. The Hall–Kier alpha value is -2.02. The van der Waals surface area contributed by atoms with Gasteiger partial charge >= 0.3 is 5.97 Å². The molecule has 1 aromatic rings. The van der Waals surface area contributed by atoms with Crippen molar-refractivity contribution in [2.45, 2.75) is 50.0 Å². The number of nitrogens with one attached hydrogen (secondary N) is 2. The highest BCUT2D eigenvalue weighted by Crippen LogP contribution is 2.24. The summed E-state index contributed by atoms with van der Waals surface area (Å²) in [6.07, 6.45) is 6.13. The van der Waals surface area contributed by atoms with Crippen molar-refractivity contribution in [2.24, 2.45) is 5.92 Å². The third-order valence-electron chi connectivity index (χ3n) is 4.52. The van der Waals surface area contributed by atoms with Gasteiger partial charge in [-0.05, 0) is 37.8 Å². The van der Waals surface area contributed by atoms with E-state index in [-0.39, 0.29) is 11.7 Å². The quantitative estimate of drug-likeness (QED) is 0.605. The Morgan fingerprint density at radius 2 is 1.88 bits per heavy atom. The summed E-state index contributed by atoms with van der Waals surface area (Å²) in [5, 5.41) is 14.3. The van der Waals surface area contributed by atoms with Gasteiger partial charge in [-0.1, -0.05) is 31.4 Å². The van der Waals surface area contributed by atoms with Crippen LogP contribution in [0.4, 0.5) is 0 Å². The lowest BCUT2D eigenvalue weighted by Crippen LogP contribution is -2.38. The zero-order chi connectivity index (χ0) is 18.9. The molecule has 1 aliphatic rings. The van der Waals surface area contributed by atoms with Crippen LogP contribution >= 0.6 is 11.8 Å². The Morgan fingerprint density at radius 3 is 2.58 bits per heavy atom. The normalized spacial score (nSPS) is 15.9. The number of amides is 2. The van der Waals surface area contributed by atoms with Crippen LogP contribution in [0.3, 0.4) is 0 Å². The smallest absolute Gasteiger partial charge is 0.325 e. The van der Waals surface area contributed by atoms with Crippen LogP contribution in [0.5, 0.6) is 0 Å². The fourth-order valence-corrected chi connectivity index (χ4v) is 3.84. The Balaban J connectivity index is 1.85. The van der Waals surface area contributed by atoms with E-state index in [4.69, 9.17) is 5.11 Å². The van der Waals surface area contributed by atoms with E-state index >= 15 is 0 Å². The number of hydrogen-bond donors (Lipinski definition) is 3. The summed E-state index contributed by atoms with van der Waals surface area (Å²) >= 11 is 1.29. The topological polar surface area (TPSA) is 95.5 Å². The van der Waals surface area contributed by atoms with Crippen LogP contribution in [0.1, 0.15) is 49.4 Å². The fourth-order valence-electron chi connectivity index (χ4n) is 2.96. The summed E-state index contributed by atoms with van der Waals surface area (Å²) in [6, 6.07) is 5.93. The van der Waals surface area contributed by atoms with Gasteiger partial charge in [0.1, 0.15) is 6.04 Å². The van der Waals surface area contributed by atoms with Crippen molar-refractivity contribution in [2.75, 3.05) is 12.3 Å². The molecule has 2 amide bonds. The fraction of sp³-hybridized carbons (Fsp3) is 0.526. The van der Waals surface area contributed by atoms with Crippen molar-refractivity contribution in [3.8, 4) is 0 Å². The van der Waals surface area contributed by atoms with Crippen LogP contribution in [0, 0.1) is 5.92 Å². The molecule has 6 nitrogen and oxygen atoms in total. The summed E-state index contributed by atoms with van der Waals surface area (Å²) in [4.78, 5) is 35.9. The van der Waals surface area contributed by atoms with Crippen molar-refractivity contribution in [1.29, 1.82) is 0 Å². The molecule has 1 fully saturated rings. The van der Waals surface area contributed by atoms with Gasteiger partial charge in [0.15, 0.2) is 0 Å². The van der Waals surface area contributed by atoms with Gasteiger partial charge in [-0.25, -0.2) is 0 Å². The molecule has 0 aliphatic heterocycles. The zero-order valence-corrected chi connectivity index (χ0v) is 15.8. The first kappa shape index (κ1) is 20.3. The van der Waals surface area contributed by atoms with Gasteiger partial charge in [0.25, 0.3) is 5.91 Å². The standard InChI is InChI=1S/C19H26N2O4S/c1-13(19(24)25)21-18(23)15-9-5-6-10-16(15)26-12-17(22)20-11-14-7-3-2-4-8-14/h5-6,9-10,13-14H,2-4,7-8,11-12H2,1H3,(H,20,22)(H,21,23)(H,24,25)/t13-/m0/s1.